The first-order valence-electron chi connectivity index (χ1n) is 8.84. The highest BCUT2D eigenvalue weighted by molar-refractivity contribution is 5.98. The Balaban J connectivity index is 2.62. The fourth-order valence-electron chi connectivity index (χ4n) is 2.54. The van der Waals surface area contributed by atoms with Crippen molar-refractivity contribution in [3.05, 3.63) is 35.4 Å². The Hall–Kier alpha value is -2.17. The lowest BCUT2D eigenvalue weighted by Crippen LogP contribution is -2.38. The first kappa shape index (κ1) is 20.9. The van der Waals surface area contributed by atoms with E-state index in [1.807, 2.05) is 26.0 Å². The maximum Gasteiger partial charge on any atom is 0.310 e. The average Bonchev–Trinajstić information content (AvgIpc) is 2.62. The number of Topliss-reactive ketones (excluding diaryl/α,β-unsaturated/α-hetero) is 1. The number of amides is 1. The predicted octanol–water partition coefficient (Wildman–Crippen LogP) is 3.40. The van der Waals surface area contributed by atoms with Crippen LogP contribution in [0.2, 0.25) is 0 Å². The molecule has 0 aromatic heterocycles. The van der Waals surface area contributed by atoms with Gasteiger partial charge in [-0.1, -0.05) is 50.1 Å². The van der Waals surface area contributed by atoms with Gasteiger partial charge < -0.3 is 9.64 Å². The van der Waals surface area contributed by atoms with Crippen molar-refractivity contribution in [1.82, 2.24) is 4.90 Å². The minimum atomic E-state index is -0.376. The van der Waals surface area contributed by atoms with Crippen LogP contribution < -0.4 is 0 Å². The van der Waals surface area contributed by atoms with E-state index in [1.54, 1.807) is 24.0 Å². The normalized spacial score (nSPS) is 11.7. The molecule has 1 unspecified atom stereocenters. The molecule has 0 aliphatic carbocycles. The first-order valence-corrected chi connectivity index (χ1v) is 8.84. The fraction of sp³-hybridized carbons (Fsp3) is 0.550. The van der Waals surface area contributed by atoms with Crippen LogP contribution in [0.25, 0.3) is 0 Å². The van der Waals surface area contributed by atoms with Gasteiger partial charge in [0.15, 0.2) is 5.78 Å². The third-order valence-corrected chi connectivity index (χ3v) is 4.17. The van der Waals surface area contributed by atoms with E-state index in [0.717, 1.165) is 18.4 Å². The van der Waals surface area contributed by atoms with Crippen LogP contribution in [0.3, 0.4) is 0 Å². The van der Waals surface area contributed by atoms with E-state index >= 15 is 0 Å². The predicted molar refractivity (Wildman–Crippen MR) is 97.4 cm³/mol. The molecular formula is C20H29NO4. The maximum absolute atomic E-state index is 12.5. The van der Waals surface area contributed by atoms with Gasteiger partial charge in [-0.3, -0.25) is 14.4 Å². The summed E-state index contributed by atoms with van der Waals surface area (Å²) in [6.45, 7) is 6.67. The molecule has 0 radical (unpaired) electrons. The summed E-state index contributed by atoms with van der Waals surface area (Å²) in [4.78, 5) is 38.0. The van der Waals surface area contributed by atoms with E-state index in [0.29, 0.717) is 18.7 Å². The Bertz CT molecular complexity index is 580. The molecule has 1 amide bonds. The van der Waals surface area contributed by atoms with Crippen molar-refractivity contribution in [3.63, 3.8) is 0 Å². The van der Waals surface area contributed by atoms with E-state index < -0.39 is 0 Å². The zero-order valence-corrected chi connectivity index (χ0v) is 15.7. The van der Waals surface area contributed by atoms with Crippen LogP contribution in [-0.2, 0) is 14.3 Å². The van der Waals surface area contributed by atoms with Crippen LogP contribution in [0, 0.1) is 12.8 Å². The summed E-state index contributed by atoms with van der Waals surface area (Å²) in [5.41, 5.74) is 1.72. The van der Waals surface area contributed by atoms with Crippen LogP contribution >= 0.6 is 0 Å². The standard InChI is InChI=1S/C20H29NO4/c1-5-6-13-21(14-16(3)20(24)25-4)19(23)12-11-18(22)17-9-7-15(2)8-10-17/h7-10,16H,5-6,11-14H2,1-4H3. The van der Waals surface area contributed by atoms with E-state index in [9.17, 15) is 14.4 Å². The third-order valence-electron chi connectivity index (χ3n) is 4.17. The number of esters is 1. The number of ketones is 1. The molecule has 1 aromatic rings. The molecule has 0 bridgehead atoms. The number of ether oxygens (including phenoxy) is 1. The van der Waals surface area contributed by atoms with Gasteiger partial charge in [-0.25, -0.2) is 0 Å². The molecule has 1 rings (SSSR count). The molecule has 0 saturated heterocycles. The molecule has 1 aromatic carbocycles. The van der Waals surface area contributed by atoms with E-state index in [1.165, 1.54) is 7.11 Å². The summed E-state index contributed by atoms with van der Waals surface area (Å²) >= 11 is 0. The average molecular weight is 347 g/mol. The number of hydrogen-bond acceptors (Lipinski definition) is 4. The highest BCUT2D eigenvalue weighted by atomic mass is 16.5. The minimum Gasteiger partial charge on any atom is -0.469 e. The molecule has 25 heavy (non-hydrogen) atoms. The van der Waals surface area contributed by atoms with Gasteiger partial charge in [0.25, 0.3) is 0 Å². The zero-order chi connectivity index (χ0) is 18.8. The second kappa shape index (κ2) is 10.6. The Morgan fingerprint density at radius 1 is 1.12 bits per heavy atom. The van der Waals surface area contributed by atoms with Crippen molar-refractivity contribution >= 4 is 17.7 Å². The molecule has 0 saturated carbocycles. The number of nitrogens with zero attached hydrogens (tertiary/aromatic N) is 1. The molecule has 0 heterocycles. The number of hydrogen-bond donors (Lipinski definition) is 0. The van der Waals surface area contributed by atoms with Crippen LogP contribution in [0.5, 0.6) is 0 Å². The summed E-state index contributed by atoms with van der Waals surface area (Å²) in [5, 5.41) is 0. The number of methoxy groups -OCH3 is 1. The smallest absolute Gasteiger partial charge is 0.310 e. The molecule has 0 N–H and O–H groups in total. The molecule has 0 fully saturated rings. The van der Waals surface area contributed by atoms with Gasteiger partial charge >= 0.3 is 5.97 Å². The number of unbranched alkanes of at least 4 members (excludes halogenated alkanes) is 1. The first-order chi connectivity index (χ1) is 11.9. The largest absolute Gasteiger partial charge is 0.469 e. The molecule has 138 valence electrons. The van der Waals surface area contributed by atoms with Crippen LogP contribution in [-0.4, -0.2) is 42.8 Å². The molecular weight excluding hydrogens is 318 g/mol. The Labute approximate surface area is 150 Å². The van der Waals surface area contributed by atoms with Gasteiger partial charge in [-0.05, 0) is 13.3 Å². The highest BCUT2D eigenvalue weighted by Gasteiger charge is 2.21. The summed E-state index contributed by atoms with van der Waals surface area (Å²) in [6, 6.07) is 7.36. The lowest BCUT2D eigenvalue weighted by atomic mass is 10.0. The number of benzene rings is 1. The summed E-state index contributed by atoms with van der Waals surface area (Å²) < 4.78 is 4.73. The maximum atomic E-state index is 12.5. The van der Waals surface area contributed by atoms with Crippen molar-refractivity contribution in [2.24, 2.45) is 5.92 Å². The Kier molecular flexibility index (Phi) is 8.89. The van der Waals surface area contributed by atoms with Gasteiger partial charge in [0, 0.05) is 31.5 Å². The quantitative estimate of drug-likeness (QED) is 0.481. The lowest BCUT2D eigenvalue weighted by molar-refractivity contribution is -0.146. The molecule has 0 aliphatic heterocycles. The fourth-order valence-corrected chi connectivity index (χ4v) is 2.54. The second-order valence-corrected chi connectivity index (χ2v) is 6.41. The molecule has 0 spiro atoms. The molecule has 5 heteroatoms. The van der Waals surface area contributed by atoms with Gasteiger partial charge in [0.05, 0.1) is 13.0 Å². The lowest BCUT2D eigenvalue weighted by Gasteiger charge is -2.25. The van der Waals surface area contributed by atoms with E-state index in [-0.39, 0.29) is 36.4 Å². The minimum absolute atomic E-state index is 0.0372. The van der Waals surface area contributed by atoms with Crippen LogP contribution in [0.4, 0.5) is 0 Å². The van der Waals surface area contributed by atoms with Crippen molar-refractivity contribution in [2.45, 2.75) is 46.5 Å². The number of aryl methyl sites for hydroxylation is 1. The Morgan fingerprint density at radius 2 is 1.76 bits per heavy atom. The second-order valence-electron chi connectivity index (χ2n) is 6.41. The van der Waals surface area contributed by atoms with E-state index in [4.69, 9.17) is 4.74 Å². The monoisotopic (exact) mass is 347 g/mol. The zero-order valence-electron chi connectivity index (χ0n) is 15.7. The third kappa shape index (κ3) is 7.08. The molecule has 5 nitrogen and oxygen atoms in total. The van der Waals surface area contributed by atoms with Gasteiger partial charge in [0.1, 0.15) is 0 Å². The van der Waals surface area contributed by atoms with Crippen molar-refractivity contribution < 1.29 is 19.1 Å². The van der Waals surface area contributed by atoms with Gasteiger partial charge in [-0.15, -0.1) is 0 Å². The topological polar surface area (TPSA) is 63.7 Å². The van der Waals surface area contributed by atoms with Crippen molar-refractivity contribution in [2.75, 3.05) is 20.2 Å². The van der Waals surface area contributed by atoms with Crippen LogP contribution in [0.15, 0.2) is 24.3 Å². The Morgan fingerprint density at radius 3 is 2.32 bits per heavy atom. The number of carbonyl (C=O) groups is 3. The van der Waals surface area contributed by atoms with Gasteiger partial charge in [-0.2, -0.15) is 0 Å². The number of carbonyl (C=O) groups excluding carboxylic acids is 3. The summed E-state index contributed by atoms with van der Waals surface area (Å²) in [5.74, 6) is -0.835. The van der Waals surface area contributed by atoms with Gasteiger partial charge in [0.2, 0.25) is 5.91 Å². The summed E-state index contributed by atoms with van der Waals surface area (Å²) in [6.07, 6.45) is 2.16. The number of rotatable bonds is 10. The van der Waals surface area contributed by atoms with Crippen LogP contribution in [0.1, 0.15) is 55.5 Å². The highest BCUT2D eigenvalue weighted by Crippen LogP contribution is 2.11. The van der Waals surface area contributed by atoms with E-state index in [2.05, 4.69) is 0 Å². The molecule has 0 aliphatic rings. The van der Waals surface area contributed by atoms with Crippen molar-refractivity contribution in [1.29, 1.82) is 0 Å². The SMILES string of the molecule is CCCCN(CC(C)C(=O)OC)C(=O)CCC(=O)c1ccc(C)cc1. The molecule has 1 atom stereocenters. The van der Waals surface area contributed by atoms with Crippen molar-refractivity contribution in [3.8, 4) is 0 Å². The summed E-state index contributed by atoms with van der Waals surface area (Å²) in [7, 11) is 1.34.